The lowest BCUT2D eigenvalue weighted by molar-refractivity contribution is 0.101. The van der Waals surface area contributed by atoms with E-state index in [0.717, 1.165) is 22.2 Å². The Morgan fingerprint density at radius 1 is 1.08 bits per heavy atom. The van der Waals surface area contributed by atoms with Crippen LogP contribution < -0.4 is 4.74 Å². The summed E-state index contributed by atoms with van der Waals surface area (Å²) in [6.45, 7) is 1.54. The molecule has 0 spiro atoms. The second kappa shape index (κ2) is 6.54. The fraction of sp³-hybridized carbons (Fsp3) is 0.100. The molecule has 1 N–H and O–H groups in total. The van der Waals surface area contributed by atoms with Gasteiger partial charge in [0.1, 0.15) is 0 Å². The first-order chi connectivity index (χ1) is 11.6. The van der Waals surface area contributed by atoms with Gasteiger partial charge in [0.05, 0.1) is 18.3 Å². The second-order valence-corrected chi connectivity index (χ2v) is 5.46. The molecule has 2 aromatic carbocycles. The van der Waals surface area contributed by atoms with Crippen molar-refractivity contribution in [3.05, 3.63) is 65.4 Å². The zero-order chi connectivity index (χ0) is 17.1. The molecule has 120 valence electrons. The molecule has 0 aliphatic carbocycles. The number of pyridine rings is 1. The van der Waals surface area contributed by atoms with Crippen LogP contribution in [-0.2, 0) is 0 Å². The van der Waals surface area contributed by atoms with E-state index in [4.69, 9.17) is 4.74 Å². The molecule has 0 aliphatic rings. The minimum atomic E-state index is 0.0239. The number of nitrogens with zero attached hydrogens (tertiary/aromatic N) is 1. The van der Waals surface area contributed by atoms with Gasteiger partial charge in [0.15, 0.2) is 17.3 Å². The van der Waals surface area contributed by atoms with Crippen LogP contribution in [0.5, 0.6) is 11.5 Å². The highest BCUT2D eigenvalue weighted by Gasteiger charge is 2.03. The molecule has 24 heavy (non-hydrogen) atoms. The standard InChI is InChI=1S/C20H17NO3/c1-13(22)16-6-5-15-7-9-17(21-18(15)12-16)8-3-14-4-10-19(23)20(11-14)24-2/h3-12,23H,1-2H3/b8-3+. The maximum absolute atomic E-state index is 11.5. The van der Waals surface area contributed by atoms with Crippen LogP contribution in [0.2, 0.25) is 0 Å². The normalized spacial score (nSPS) is 11.1. The van der Waals surface area contributed by atoms with E-state index in [0.29, 0.717) is 11.3 Å². The number of Topliss-reactive ketones (excluding diaryl/α,β-unsaturated/α-hetero) is 1. The predicted molar refractivity (Wildman–Crippen MR) is 95.3 cm³/mol. The lowest BCUT2D eigenvalue weighted by Gasteiger charge is -2.04. The van der Waals surface area contributed by atoms with Crippen molar-refractivity contribution in [2.75, 3.05) is 7.11 Å². The number of carbonyl (C=O) groups is 1. The number of phenols is 1. The monoisotopic (exact) mass is 319 g/mol. The Kier molecular flexibility index (Phi) is 4.29. The lowest BCUT2D eigenvalue weighted by Crippen LogP contribution is -1.92. The number of phenolic OH excluding ortho intramolecular Hbond substituents is 1. The minimum absolute atomic E-state index is 0.0239. The average molecular weight is 319 g/mol. The van der Waals surface area contributed by atoms with Gasteiger partial charge in [-0.1, -0.05) is 30.3 Å². The van der Waals surface area contributed by atoms with Gasteiger partial charge in [-0.15, -0.1) is 0 Å². The summed E-state index contributed by atoms with van der Waals surface area (Å²) in [5, 5.41) is 10.6. The number of fused-ring (bicyclic) bond motifs is 1. The summed E-state index contributed by atoms with van der Waals surface area (Å²) in [6, 6.07) is 14.5. The Morgan fingerprint density at radius 2 is 1.88 bits per heavy atom. The minimum Gasteiger partial charge on any atom is -0.504 e. The van der Waals surface area contributed by atoms with Crippen LogP contribution in [0.15, 0.2) is 48.5 Å². The molecular weight excluding hydrogens is 302 g/mol. The second-order valence-electron chi connectivity index (χ2n) is 5.46. The molecule has 0 saturated carbocycles. The fourth-order valence-corrected chi connectivity index (χ4v) is 2.42. The average Bonchev–Trinajstić information content (AvgIpc) is 2.60. The van der Waals surface area contributed by atoms with Crippen molar-refractivity contribution < 1.29 is 14.6 Å². The molecule has 0 fully saturated rings. The maximum Gasteiger partial charge on any atom is 0.161 e. The molecule has 0 saturated heterocycles. The van der Waals surface area contributed by atoms with E-state index in [1.165, 1.54) is 7.11 Å². The van der Waals surface area contributed by atoms with Crippen molar-refractivity contribution in [3.63, 3.8) is 0 Å². The fourth-order valence-electron chi connectivity index (χ4n) is 2.42. The van der Waals surface area contributed by atoms with E-state index in [9.17, 15) is 9.90 Å². The molecule has 0 radical (unpaired) electrons. The number of carbonyl (C=O) groups excluding carboxylic acids is 1. The van der Waals surface area contributed by atoms with Crippen molar-refractivity contribution in [1.82, 2.24) is 4.98 Å². The molecule has 3 rings (SSSR count). The van der Waals surface area contributed by atoms with Crippen LogP contribution in [0, 0.1) is 0 Å². The summed E-state index contributed by atoms with van der Waals surface area (Å²) in [7, 11) is 1.51. The number of rotatable bonds is 4. The van der Waals surface area contributed by atoms with Crippen molar-refractivity contribution >= 4 is 28.8 Å². The quantitative estimate of drug-likeness (QED) is 0.727. The van der Waals surface area contributed by atoms with E-state index in [1.54, 1.807) is 31.2 Å². The summed E-state index contributed by atoms with van der Waals surface area (Å²) >= 11 is 0. The number of aromatic nitrogens is 1. The smallest absolute Gasteiger partial charge is 0.161 e. The molecule has 1 heterocycles. The molecule has 4 nitrogen and oxygen atoms in total. The molecule has 0 aliphatic heterocycles. The van der Waals surface area contributed by atoms with E-state index in [-0.39, 0.29) is 11.5 Å². The predicted octanol–water partition coefficient (Wildman–Crippen LogP) is 4.32. The number of methoxy groups -OCH3 is 1. The number of ether oxygens (including phenoxy) is 1. The van der Waals surface area contributed by atoms with Crippen molar-refractivity contribution in [1.29, 1.82) is 0 Å². The van der Waals surface area contributed by atoms with Gasteiger partial charge in [-0.05, 0) is 42.8 Å². The van der Waals surface area contributed by atoms with Crippen molar-refractivity contribution in [2.24, 2.45) is 0 Å². The number of hydrogen-bond donors (Lipinski definition) is 1. The van der Waals surface area contributed by atoms with E-state index < -0.39 is 0 Å². The molecule has 1 aromatic heterocycles. The summed E-state index contributed by atoms with van der Waals surface area (Å²) in [6.07, 6.45) is 3.77. The lowest BCUT2D eigenvalue weighted by atomic mass is 10.1. The van der Waals surface area contributed by atoms with Gasteiger partial charge < -0.3 is 9.84 Å². The SMILES string of the molecule is COc1cc(/C=C/c2ccc3ccc(C(C)=O)cc3n2)ccc1O. The Bertz CT molecular complexity index is 945. The van der Waals surface area contributed by atoms with Crippen LogP contribution in [0.3, 0.4) is 0 Å². The van der Waals surface area contributed by atoms with Crippen LogP contribution in [0.4, 0.5) is 0 Å². The van der Waals surface area contributed by atoms with E-state index in [2.05, 4.69) is 4.98 Å². The van der Waals surface area contributed by atoms with Gasteiger partial charge in [0.2, 0.25) is 0 Å². The maximum atomic E-state index is 11.5. The highest BCUT2D eigenvalue weighted by atomic mass is 16.5. The van der Waals surface area contributed by atoms with Gasteiger partial charge in [0, 0.05) is 10.9 Å². The molecule has 0 atom stereocenters. The largest absolute Gasteiger partial charge is 0.504 e. The highest BCUT2D eigenvalue weighted by Crippen LogP contribution is 2.27. The number of hydrogen-bond acceptors (Lipinski definition) is 4. The number of ketones is 1. The first-order valence-electron chi connectivity index (χ1n) is 7.53. The summed E-state index contributed by atoms with van der Waals surface area (Å²) in [5.41, 5.74) is 3.12. The van der Waals surface area contributed by atoms with Gasteiger partial charge >= 0.3 is 0 Å². The Morgan fingerprint density at radius 3 is 2.62 bits per heavy atom. The molecule has 4 heteroatoms. The third-order valence-electron chi connectivity index (χ3n) is 3.77. The topological polar surface area (TPSA) is 59.4 Å². The summed E-state index contributed by atoms with van der Waals surface area (Å²) < 4.78 is 5.10. The van der Waals surface area contributed by atoms with Gasteiger partial charge in [-0.2, -0.15) is 0 Å². The molecule has 0 unspecified atom stereocenters. The highest BCUT2D eigenvalue weighted by molar-refractivity contribution is 5.97. The van der Waals surface area contributed by atoms with Crippen LogP contribution in [0.25, 0.3) is 23.1 Å². The third-order valence-corrected chi connectivity index (χ3v) is 3.77. The Labute approximate surface area is 140 Å². The van der Waals surface area contributed by atoms with Gasteiger partial charge in [0.25, 0.3) is 0 Å². The van der Waals surface area contributed by atoms with Crippen molar-refractivity contribution in [2.45, 2.75) is 6.92 Å². The number of benzene rings is 2. The van der Waals surface area contributed by atoms with E-state index >= 15 is 0 Å². The molecule has 3 aromatic rings. The zero-order valence-corrected chi connectivity index (χ0v) is 13.5. The van der Waals surface area contributed by atoms with Gasteiger partial charge in [-0.25, -0.2) is 4.98 Å². The first-order valence-corrected chi connectivity index (χ1v) is 7.53. The molecule has 0 amide bonds. The Balaban J connectivity index is 1.93. The summed E-state index contributed by atoms with van der Waals surface area (Å²) in [5.74, 6) is 0.556. The van der Waals surface area contributed by atoms with Crippen LogP contribution in [-0.4, -0.2) is 23.0 Å². The van der Waals surface area contributed by atoms with E-state index in [1.807, 2.05) is 36.4 Å². The van der Waals surface area contributed by atoms with Gasteiger partial charge in [-0.3, -0.25) is 4.79 Å². The molecular formula is C20H17NO3. The third kappa shape index (κ3) is 3.27. The zero-order valence-electron chi connectivity index (χ0n) is 13.5. The van der Waals surface area contributed by atoms with Crippen molar-refractivity contribution in [3.8, 4) is 11.5 Å². The summed E-state index contributed by atoms with van der Waals surface area (Å²) in [4.78, 5) is 16.1. The number of aromatic hydroxyl groups is 1. The molecule has 0 bridgehead atoms. The van der Waals surface area contributed by atoms with Crippen LogP contribution in [0.1, 0.15) is 28.5 Å². The Hall–Kier alpha value is -3.14. The van der Waals surface area contributed by atoms with Crippen LogP contribution >= 0.6 is 0 Å². The first kappa shape index (κ1) is 15.7.